The highest BCUT2D eigenvalue weighted by atomic mass is 16.5. The van der Waals surface area contributed by atoms with Crippen LogP contribution in [0.2, 0.25) is 0 Å². The summed E-state index contributed by atoms with van der Waals surface area (Å²) in [6.07, 6.45) is 4.92. The molecule has 6 nitrogen and oxygen atoms in total. The van der Waals surface area contributed by atoms with Gasteiger partial charge in [0.25, 0.3) is 0 Å². The molecule has 0 fully saturated rings. The lowest BCUT2D eigenvalue weighted by atomic mass is 10.0. The summed E-state index contributed by atoms with van der Waals surface area (Å²) >= 11 is 0. The number of benzene rings is 2. The molecule has 0 bridgehead atoms. The monoisotopic (exact) mass is 405 g/mol. The van der Waals surface area contributed by atoms with E-state index in [2.05, 4.69) is 10.3 Å². The number of ether oxygens (including phenoxy) is 1. The van der Waals surface area contributed by atoms with Crippen LogP contribution in [0.1, 0.15) is 19.4 Å². The molecule has 0 aliphatic heterocycles. The average Bonchev–Trinajstić information content (AvgIpc) is 3.24. The predicted octanol–water partition coefficient (Wildman–Crippen LogP) is 4.31. The molecule has 30 heavy (non-hydrogen) atoms. The summed E-state index contributed by atoms with van der Waals surface area (Å²) in [4.78, 5) is 29.9. The van der Waals surface area contributed by atoms with Crippen LogP contribution in [-0.2, 0) is 20.9 Å². The van der Waals surface area contributed by atoms with E-state index in [1.807, 2.05) is 69.3 Å². The second-order valence-corrected chi connectivity index (χ2v) is 7.74. The normalized spacial score (nSPS) is 11.9. The summed E-state index contributed by atoms with van der Waals surface area (Å²) in [6.45, 7) is 6.31. The second-order valence-electron chi connectivity index (χ2n) is 7.74. The van der Waals surface area contributed by atoms with Crippen LogP contribution in [-0.4, -0.2) is 28.0 Å². The molecule has 0 saturated heterocycles. The topological polar surface area (TPSA) is 73.2 Å². The van der Waals surface area contributed by atoms with E-state index in [1.54, 1.807) is 23.3 Å². The van der Waals surface area contributed by atoms with Gasteiger partial charge in [-0.15, -0.1) is 0 Å². The van der Waals surface area contributed by atoms with E-state index < -0.39 is 17.8 Å². The number of hydrogen-bond donors (Lipinski definition) is 1. The van der Waals surface area contributed by atoms with Gasteiger partial charge in [-0.25, -0.2) is 4.98 Å². The zero-order valence-electron chi connectivity index (χ0n) is 17.5. The molecule has 0 spiro atoms. The number of carbonyl (C=O) groups excluding carboxylic acids is 2. The van der Waals surface area contributed by atoms with Crippen molar-refractivity contribution in [3.63, 3.8) is 0 Å². The van der Waals surface area contributed by atoms with Gasteiger partial charge in [0, 0.05) is 30.2 Å². The number of carbonyl (C=O) groups is 2. The fraction of sp³-hybridized carbons (Fsp3) is 0.292. The first-order valence-electron chi connectivity index (χ1n) is 10.0. The van der Waals surface area contributed by atoms with Crippen LogP contribution in [0, 0.1) is 18.8 Å². The Labute approximate surface area is 176 Å². The van der Waals surface area contributed by atoms with Gasteiger partial charge in [-0.3, -0.25) is 9.59 Å². The maximum absolute atomic E-state index is 13.2. The number of esters is 1. The second kappa shape index (κ2) is 9.87. The Morgan fingerprint density at radius 2 is 1.90 bits per heavy atom. The molecule has 1 N–H and O–H groups in total. The molecule has 1 aromatic heterocycles. The maximum atomic E-state index is 13.2. The molecule has 3 rings (SSSR count). The molecule has 1 heterocycles. The molecule has 0 radical (unpaired) electrons. The fourth-order valence-corrected chi connectivity index (χ4v) is 3.07. The van der Waals surface area contributed by atoms with Gasteiger partial charge in [-0.1, -0.05) is 56.3 Å². The zero-order chi connectivity index (χ0) is 21.5. The highest BCUT2D eigenvalue weighted by Crippen LogP contribution is 2.29. The van der Waals surface area contributed by atoms with Gasteiger partial charge in [-0.2, -0.15) is 0 Å². The molecule has 0 aliphatic rings. The lowest BCUT2D eigenvalue weighted by molar-refractivity contribution is -0.152. The van der Waals surface area contributed by atoms with Crippen molar-refractivity contribution in [3.05, 3.63) is 72.8 Å². The minimum Gasteiger partial charge on any atom is -0.465 e. The van der Waals surface area contributed by atoms with Gasteiger partial charge in [0.15, 0.2) is 5.92 Å². The highest BCUT2D eigenvalue weighted by molar-refractivity contribution is 6.06. The van der Waals surface area contributed by atoms with Crippen molar-refractivity contribution in [2.45, 2.75) is 27.3 Å². The van der Waals surface area contributed by atoms with Crippen LogP contribution in [0.25, 0.3) is 11.1 Å². The number of aryl methyl sites for hydroxylation is 1. The summed E-state index contributed by atoms with van der Waals surface area (Å²) in [7, 11) is 0. The number of nitrogens with one attached hydrogen (secondary N) is 1. The summed E-state index contributed by atoms with van der Waals surface area (Å²) in [6, 6.07) is 15.7. The molecule has 0 saturated carbocycles. The van der Waals surface area contributed by atoms with Gasteiger partial charge < -0.3 is 14.6 Å². The summed E-state index contributed by atoms with van der Waals surface area (Å²) < 4.78 is 7.08. The molecule has 1 atom stereocenters. The molecule has 2 aromatic carbocycles. The van der Waals surface area contributed by atoms with Crippen LogP contribution in [0.5, 0.6) is 0 Å². The minimum atomic E-state index is -0.984. The van der Waals surface area contributed by atoms with Crippen LogP contribution < -0.4 is 5.32 Å². The average molecular weight is 405 g/mol. The number of nitrogens with zero attached hydrogens (tertiary/aromatic N) is 2. The van der Waals surface area contributed by atoms with E-state index in [4.69, 9.17) is 4.74 Å². The van der Waals surface area contributed by atoms with E-state index >= 15 is 0 Å². The van der Waals surface area contributed by atoms with E-state index in [0.717, 1.165) is 16.7 Å². The van der Waals surface area contributed by atoms with E-state index in [9.17, 15) is 9.59 Å². The van der Waals surface area contributed by atoms with Gasteiger partial charge in [0.1, 0.15) is 0 Å². The largest absolute Gasteiger partial charge is 0.465 e. The van der Waals surface area contributed by atoms with Crippen molar-refractivity contribution in [1.29, 1.82) is 0 Å². The number of rotatable bonds is 8. The molecular formula is C24H27N3O3. The van der Waals surface area contributed by atoms with Crippen LogP contribution in [0.15, 0.2) is 67.3 Å². The van der Waals surface area contributed by atoms with Crippen molar-refractivity contribution in [2.75, 3.05) is 11.9 Å². The Bertz CT molecular complexity index is 982. The van der Waals surface area contributed by atoms with Crippen molar-refractivity contribution in [3.8, 4) is 11.1 Å². The van der Waals surface area contributed by atoms with Gasteiger partial charge >= 0.3 is 5.97 Å². The van der Waals surface area contributed by atoms with Crippen LogP contribution in [0.4, 0.5) is 5.69 Å². The number of amides is 1. The maximum Gasteiger partial charge on any atom is 0.320 e. The third-order valence-corrected chi connectivity index (χ3v) is 4.63. The molecule has 3 aromatic rings. The lowest BCUT2D eigenvalue weighted by Crippen LogP contribution is -2.35. The molecule has 0 aliphatic carbocycles. The van der Waals surface area contributed by atoms with Crippen molar-refractivity contribution >= 4 is 17.6 Å². The number of anilines is 1. The zero-order valence-corrected chi connectivity index (χ0v) is 17.5. The Balaban J connectivity index is 1.86. The first kappa shape index (κ1) is 21.3. The summed E-state index contributed by atoms with van der Waals surface area (Å²) in [5.41, 5.74) is 3.56. The van der Waals surface area contributed by atoms with Crippen LogP contribution >= 0.6 is 0 Å². The Kier molecular flexibility index (Phi) is 7.01. The number of aromatic nitrogens is 2. The SMILES string of the molecule is Cc1ccc(-c2ccccc2)c(NC(=O)[C@H](Cn2ccnc2)C(=O)OCC(C)C)c1. The molecule has 6 heteroatoms. The smallest absolute Gasteiger partial charge is 0.320 e. The quantitative estimate of drug-likeness (QED) is 0.448. The van der Waals surface area contributed by atoms with Crippen molar-refractivity contribution in [1.82, 2.24) is 9.55 Å². The third kappa shape index (κ3) is 5.56. The van der Waals surface area contributed by atoms with E-state index in [0.29, 0.717) is 5.69 Å². The summed E-state index contributed by atoms with van der Waals surface area (Å²) in [5.74, 6) is -1.74. The summed E-state index contributed by atoms with van der Waals surface area (Å²) in [5, 5.41) is 2.96. The van der Waals surface area contributed by atoms with E-state index in [-0.39, 0.29) is 19.1 Å². The predicted molar refractivity (Wildman–Crippen MR) is 117 cm³/mol. The van der Waals surface area contributed by atoms with Gasteiger partial charge in [-0.05, 0) is 30.0 Å². The Hall–Kier alpha value is -3.41. The molecular weight excluding hydrogens is 378 g/mol. The number of hydrogen-bond acceptors (Lipinski definition) is 4. The lowest BCUT2D eigenvalue weighted by Gasteiger charge is -2.19. The standard InChI is InChI=1S/C24H27N3O3/c1-17(2)15-30-24(29)21(14-27-12-11-25-16-27)23(28)26-22-13-18(3)9-10-20(22)19-7-5-4-6-8-19/h4-13,16-17,21H,14-15H2,1-3H3,(H,26,28)/t21-/m0/s1. The minimum absolute atomic E-state index is 0.162. The third-order valence-electron chi connectivity index (χ3n) is 4.63. The van der Waals surface area contributed by atoms with E-state index in [1.165, 1.54) is 0 Å². The molecule has 156 valence electrons. The van der Waals surface area contributed by atoms with Gasteiger partial charge in [0.05, 0.1) is 12.9 Å². The Morgan fingerprint density at radius 3 is 2.57 bits per heavy atom. The first-order valence-corrected chi connectivity index (χ1v) is 10.0. The Morgan fingerprint density at radius 1 is 1.13 bits per heavy atom. The van der Waals surface area contributed by atoms with Gasteiger partial charge in [0.2, 0.25) is 5.91 Å². The van der Waals surface area contributed by atoms with Crippen molar-refractivity contribution < 1.29 is 14.3 Å². The van der Waals surface area contributed by atoms with Crippen LogP contribution in [0.3, 0.4) is 0 Å². The first-order chi connectivity index (χ1) is 14.4. The molecule has 1 amide bonds. The fourth-order valence-electron chi connectivity index (χ4n) is 3.07. The molecule has 0 unspecified atom stereocenters. The highest BCUT2D eigenvalue weighted by Gasteiger charge is 2.29. The van der Waals surface area contributed by atoms with Crippen molar-refractivity contribution in [2.24, 2.45) is 11.8 Å². The number of imidazole rings is 1.